The van der Waals surface area contributed by atoms with Gasteiger partial charge in [0.1, 0.15) is 18.0 Å². The maximum absolute atomic E-state index is 11.9. The maximum atomic E-state index is 11.9. The van der Waals surface area contributed by atoms with Crippen molar-refractivity contribution in [2.75, 3.05) is 13.7 Å². The molecular weight excluding hydrogens is 294 g/mol. The number of methoxy groups -OCH3 is 1. The van der Waals surface area contributed by atoms with Gasteiger partial charge in [0.25, 0.3) is 0 Å². The molecule has 0 radical (unpaired) electrons. The largest absolute Gasteiger partial charge is 0.496 e. The summed E-state index contributed by atoms with van der Waals surface area (Å²) in [4.78, 5) is 23.7. The number of esters is 1. The van der Waals surface area contributed by atoms with Gasteiger partial charge in [-0.05, 0) is 30.7 Å². The summed E-state index contributed by atoms with van der Waals surface area (Å²) in [6.45, 7) is 1.73. The van der Waals surface area contributed by atoms with Crippen LogP contribution in [0.25, 0.3) is 0 Å². The lowest BCUT2D eigenvalue weighted by atomic mass is 10.1. The predicted molar refractivity (Wildman–Crippen MR) is 86.5 cm³/mol. The van der Waals surface area contributed by atoms with Crippen molar-refractivity contribution in [1.29, 1.82) is 0 Å². The highest BCUT2D eigenvalue weighted by atomic mass is 16.5. The number of hydrogen-bond acceptors (Lipinski definition) is 4. The standard InChI is InChI=1S/C18H19NO4/c1-13-6-5-8-15(10-13)23-18(21)12-19-17(20)11-14-7-3-4-9-16(14)22-2/h3-10H,11-12H2,1-2H3,(H,19,20). The SMILES string of the molecule is COc1ccccc1CC(=O)NCC(=O)Oc1cccc(C)c1. The fourth-order valence-electron chi connectivity index (χ4n) is 2.10. The summed E-state index contributed by atoms with van der Waals surface area (Å²) in [5.41, 5.74) is 1.76. The van der Waals surface area contributed by atoms with E-state index in [4.69, 9.17) is 9.47 Å². The summed E-state index contributed by atoms with van der Waals surface area (Å²) in [6.07, 6.45) is 0.141. The van der Waals surface area contributed by atoms with E-state index in [0.29, 0.717) is 11.5 Å². The van der Waals surface area contributed by atoms with E-state index in [1.807, 2.05) is 31.2 Å². The molecule has 0 atom stereocenters. The van der Waals surface area contributed by atoms with Gasteiger partial charge in [-0.3, -0.25) is 4.79 Å². The van der Waals surface area contributed by atoms with Gasteiger partial charge < -0.3 is 14.8 Å². The van der Waals surface area contributed by atoms with Crippen LogP contribution in [0.1, 0.15) is 11.1 Å². The lowest BCUT2D eigenvalue weighted by molar-refractivity contribution is -0.135. The minimum absolute atomic E-state index is 0.141. The number of carbonyl (C=O) groups is 2. The molecule has 0 aliphatic rings. The van der Waals surface area contributed by atoms with Crippen molar-refractivity contribution in [2.45, 2.75) is 13.3 Å². The van der Waals surface area contributed by atoms with Crippen molar-refractivity contribution in [1.82, 2.24) is 5.32 Å². The number of amides is 1. The number of para-hydroxylation sites is 1. The zero-order valence-electron chi connectivity index (χ0n) is 13.2. The Labute approximate surface area is 135 Å². The summed E-state index contributed by atoms with van der Waals surface area (Å²) < 4.78 is 10.4. The van der Waals surface area contributed by atoms with Gasteiger partial charge in [-0.25, -0.2) is 4.79 Å². The molecule has 1 amide bonds. The summed E-state index contributed by atoms with van der Waals surface area (Å²) in [7, 11) is 1.55. The predicted octanol–water partition coefficient (Wildman–Crippen LogP) is 2.27. The second-order valence-corrected chi connectivity index (χ2v) is 5.06. The molecule has 1 N–H and O–H groups in total. The van der Waals surface area contributed by atoms with Gasteiger partial charge in [-0.2, -0.15) is 0 Å². The molecule has 0 saturated heterocycles. The van der Waals surface area contributed by atoms with Gasteiger partial charge >= 0.3 is 5.97 Å². The van der Waals surface area contributed by atoms with Gasteiger partial charge in [0, 0.05) is 5.56 Å². The van der Waals surface area contributed by atoms with Gasteiger partial charge in [-0.15, -0.1) is 0 Å². The zero-order chi connectivity index (χ0) is 16.7. The van der Waals surface area contributed by atoms with Crippen molar-refractivity contribution < 1.29 is 19.1 Å². The molecule has 0 spiro atoms. The molecule has 0 aromatic heterocycles. The molecule has 0 heterocycles. The first-order valence-electron chi connectivity index (χ1n) is 7.24. The minimum atomic E-state index is -0.510. The second kappa shape index (κ2) is 7.98. The molecule has 0 saturated carbocycles. The smallest absolute Gasteiger partial charge is 0.330 e. The molecule has 0 bridgehead atoms. The van der Waals surface area contributed by atoms with E-state index in [1.54, 1.807) is 31.4 Å². The Morgan fingerprint density at radius 2 is 1.87 bits per heavy atom. The van der Waals surface area contributed by atoms with Crippen molar-refractivity contribution in [2.24, 2.45) is 0 Å². The number of carbonyl (C=O) groups excluding carboxylic acids is 2. The number of benzene rings is 2. The topological polar surface area (TPSA) is 64.6 Å². The van der Waals surface area contributed by atoms with E-state index < -0.39 is 5.97 Å². The molecule has 23 heavy (non-hydrogen) atoms. The van der Waals surface area contributed by atoms with Gasteiger partial charge in [0.05, 0.1) is 13.5 Å². The third kappa shape index (κ3) is 5.14. The van der Waals surface area contributed by atoms with E-state index in [0.717, 1.165) is 11.1 Å². The van der Waals surface area contributed by atoms with Crippen LogP contribution in [0.2, 0.25) is 0 Å². The lowest BCUT2D eigenvalue weighted by Gasteiger charge is -2.09. The Morgan fingerprint density at radius 3 is 2.61 bits per heavy atom. The molecule has 2 aromatic rings. The Balaban J connectivity index is 1.83. The van der Waals surface area contributed by atoms with Crippen LogP contribution in [-0.2, 0) is 16.0 Å². The molecule has 5 nitrogen and oxygen atoms in total. The van der Waals surface area contributed by atoms with Crippen molar-refractivity contribution >= 4 is 11.9 Å². The van der Waals surface area contributed by atoms with Crippen molar-refractivity contribution in [3.05, 3.63) is 59.7 Å². The Kier molecular flexibility index (Phi) is 5.74. The third-order valence-electron chi connectivity index (χ3n) is 3.19. The zero-order valence-corrected chi connectivity index (χ0v) is 13.2. The van der Waals surface area contributed by atoms with E-state index in [2.05, 4.69) is 5.32 Å². The first-order chi connectivity index (χ1) is 11.1. The maximum Gasteiger partial charge on any atom is 0.330 e. The number of nitrogens with one attached hydrogen (secondary N) is 1. The Morgan fingerprint density at radius 1 is 1.09 bits per heavy atom. The van der Waals surface area contributed by atoms with Gasteiger partial charge in [-0.1, -0.05) is 30.3 Å². The molecular formula is C18H19NO4. The van der Waals surface area contributed by atoms with Crippen LogP contribution >= 0.6 is 0 Å². The number of ether oxygens (including phenoxy) is 2. The van der Waals surface area contributed by atoms with Crippen LogP contribution in [0.4, 0.5) is 0 Å². The molecule has 120 valence electrons. The highest BCUT2D eigenvalue weighted by Crippen LogP contribution is 2.17. The number of hydrogen-bond donors (Lipinski definition) is 1. The first kappa shape index (κ1) is 16.5. The molecule has 0 unspecified atom stereocenters. The highest BCUT2D eigenvalue weighted by Gasteiger charge is 2.11. The normalized spacial score (nSPS) is 10.0. The summed E-state index contributed by atoms with van der Waals surface area (Å²) in [5, 5.41) is 2.55. The molecule has 0 aliphatic carbocycles. The Bertz CT molecular complexity index is 697. The number of aryl methyl sites for hydroxylation is 1. The molecule has 5 heteroatoms. The van der Waals surface area contributed by atoms with Crippen LogP contribution < -0.4 is 14.8 Å². The minimum Gasteiger partial charge on any atom is -0.496 e. The van der Waals surface area contributed by atoms with E-state index in [-0.39, 0.29) is 18.9 Å². The Hall–Kier alpha value is -2.82. The van der Waals surface area contributed by atoms with Crippen molar-refractivity contribution in [3.8, 4) is 11.5 Å². The van der Waals surface area contributed by atoms with Crippen LogP contribution in [-0.4, -0.2) is 25.5 Å². The van der Waals surface area contributed by atoms with Crippen molar-refractivity contribution in [3.63, 3.8) is 0 Å². The average Bonchev–Trinajstić information content (AvgIpc) is 2.53. The first-order valence-corrected chi connectivity index (χ1v) is 7.24. The second-order valence-electron chi connectivity index (χ2n) is 5.06. The van der Waals surface area contributed by atoms with Crippen LogP contribution in [0, 0.1) is 6.92 Å². The van der Waals surface area contributed by atoms with Gasteiger partial charge in [0.2, 0.25) is 5.91 Å². The third-order valence-corrected chi connectivity index (χ3v) is 3.19. The van der Waals surface area contributed by atoms with Crippen LogP contribution in [0.3, 0.4) is 0 Å². The summed E-state index contributed by atoms with van der Waals surface area (Å²) >= 11 is 0. The lowest BCUT2D eigenvalue weighted by Crippen LogP contribution is -2.33. The average molecular weight is 313 g/mol. The van der Waals surface area contributed by atoms with Gasteiger partial charge in [0.15, 0.2) is 0 Å². The molecule has 2 rings (SSSR count). The van der Waals surface area contributed by atoms with E-state index in [1.165, 1.54) is 0 Å². The molecule has 0 aliphatic heterocycles. The van der Waals surface area contributed by atoms with Crippen LogP contribution in [0.5, 0.6) is 11.5 Å². The fourth-order valence-corrected chi connectivity index (χ4v) is 2.10. The number of rotatable bonds is 6. The van der Waals surface area contributed by atoms with E-state index in [9.17, 15) is 9.59 Å². The monoisotopic (exact) mass is 313 g/mol. The molecule has 0 fully saturated rings. The van der Waals surface area contributed by atoms with Crippen LogP contribution in [0.15, 0.2) is 48.5 Å². The quantitative estimate of drug-likeness (QED) is 0.656. The van der Waals surface area contributed by atoms with E-state index >= 15 is 0 Å². The molecule has 2 aromatic carbocycles. The highest BCUT2D eigenvalue weighted by molar-refractivity contribution is 5.84. The summed E-state index contributed by atoms with van der Waals surface area (Å²) in [5.74, 6) is 0.332. The summed E-state index contributed by atoms with van der Waals surface area (Å²) in [6, 6.07) is 14.4. The fraction of sp³-hybridized carbons (Fsp3) is 0.222.